The van der Waals surface area contributed by atoms with Gasteiger partial charge < -0.3 is 16.2 Å². The maximum absolute atomic E-state index is 5.96. The topological polar surface area (TPSA) is 87.0 Å². The lowest BCUT2D eigenvalue weighted by Gasteiger charge is -2.06. The average molecular weight is 292 g/mol. The number of hydrogen-bond donors (Lipinski definition) is 2. The van der Waals surface area contributed by atoms with Crippen LogP contribution in [-0.4, -0.2) is 29.1 Å². The molecule has 0 spiro atoms. The summed E-state index contributed by atoms with van der Waals surface area (Å²) in [7, 11) is 1.67. The highest BCUT2D eigenvalue weighted by atomic mass is 32.1. The molecule has 0 radical (unpaired) electrons. The predicted molar refractivity (Wildman–Crippen MR) is 81.1 cm³/mol. The fraction of sp³-hybridized carbons (Fsp3) is 0.429. The predicted octanol–water partition coefficient (Wildman–Crippen LogP) is 1.36. The van der Waals surface area contributed by atoms with Crippen molar-refractivity contribution in [2.24, 2.45) is 11.5 Å². The number of methoxy groups -OCH3 is 1. The number of para-hydroxylation sites is 1. The molecular weight excluding hydrogens is 272 g/mol. The van der Waals surface area contributed by atoms with Gasteiger partial charge in [0.25, 0.3) is 0 Å². The summed E-state index contributed by atoms with van der Waals surface area (Å²) < 4.78 is 9.72. The number of aromatic nitrogens is 2. The molecule has 20 heavy (non-hydrogen) atoms. The number of benzene rings is 1. The Kier molecular flexibility index (Phi) is 5.46. The Labute approximate surface area is 123 Å². The number of nitrogens with two attached hydrogens (primary N) is 2. The van der Waals surface area contributed by atoms with Crippen LogP contribution in [0.5, 0.6) is 5.75 Å². The third kappa shape index (κ3) is 4.00. The van der Waals surface area contributed by atoms with Crippen molar-refractivity contribution in [3.05, 3.63) is 40.7 Å². The Morgan fingerprint density at radius 3 is 2.90 bits per heavy atom. The van der Waals surface area contributed by atoms with Gasteiger partial charge in [0, 0.05) is 24.4 Å². The van der Waals surface area contributed by atoms with E-state index in [1.165, 1.54) is 11.5 Å². The first-order valence-electron chi connectivity index (χ1n) is 6.62. The average Bonchev–Trinajstić information content (AvgIpc) is 2.87. The molecule has 0 aliphatic carbocycles. The second-order valence-corrected chi connectivity index (χ2v) is 5.47. The fourth-order valence-electron chi connectivity index (χ4n) is 2.00. The lowest BCUT2D eigenvalue weighted by molar-refractivity contribution is 0.410. The van der Waals surface area contributed by atoms with Gasteiger partial charge in [-0.2, -0.15) is 4.37 Å². The fourth-order valence-corrected chi connectivity index (χ4v) is 2.76. The molecule has 4 N–H and O–H groups in total. The zero-order valence-corrected chi connectivity index (χ0v) is 12.4. The molecule has 1 atom stereocenters. The maximum Gasteiger partial charge on any atom is 0.147 e. The maximum atomic E-state index is 5.96. The van der Waals surface area contributed by atoms with Gasteiger partial charge in [-0.05, 0) is 30.6 Å². The van der Waals surface area contributed by atoms with Crippen molar-refractivity contribution in [3.63, 3.8) is 0 Å². The highest BCUT2D eigenvalue weighted by molar-refractivity contribution is 7.05. The van der Waals surface area contributed by atoms with Gasteiger partial charge in [-0.25, -0.2) is 4.98 Å². The van der Waals surface area contributed by atoms with Gasteiger partial charge in [-0.1, -0.05) is 18.2 Å². The summed E-state index contributed by atoms with van der Waals surface area (Å²) in [6.07, 6.45) is 2.22. The minimum absolute atomic E-state index is 0.0621. The van der Waals surface area contributed by atoms with Gasteiger partial charge in [-0.15, -0.1) is 0 Å². The smallest absolute Gasteiger partial charge is 0.147 e. The monoisotopic (exact) mass is 292 g/mol. The Morgan fingerprint density at radius 1 is 1.35 bits per heavy atom. The van der Waals surface area contributed by atoms with Gasteiger partial charge in [0.1, 0.15) is 16.6 Å². The molecule has 0 aliphatic rings. The van der Waals surface area contributed by atoms with Crippen LogP contribution in [0.2, 0.25) is 0 Å². The second kappa shape index (κ2) is 7.33. The largest absolute Gasteiger partial charge is 0.496 e. The van der Waals surface area contributed by atoms with Crippen molar-refractivity contribution in [2.75, 3.05) is 13.7 Å². The first-order chi connectivity index (χ1) is 9.72. The molecule has 0 bridgehead atoms. The molecule has 1 aromatic heterocycles. The SMILES string of the molecule is COc1ccccc1Cc1nsc(CC(N)CCN)n1. The Hall–Kier alpha value is -1.50. The summed E-state index contributed by atoms with van der Waals surface area (Å²) in [6.45, 7) is 0.605. The van der Waals surface area contributed by atoms with Crippen molar-refractivity contribution in [1.82, 2.24) is 9.36 Å². The van der Waals surface area contributed by atoms with Gasteiger partial charge in [0.2, 0.25) is 0 Å². The zero-order chi connectivity index (χ0) is 14.4. The highest BCUT2D eigenvalue weighted by Crippen LogP contribution is 2.20. The first kappa shape index (κ1) is 14.9. The Morgan fingerprint density at radius 2 is 2.15 bits per heavy atom. The number of nitrogens with zero attached hydrogens (tertiary/aromatic N) is 2. The van der Waals surface area contributed by atoms with Crippen LogP contribution in [0.1, 0.15) is 22.8 Å². The molecule has 5 nitrogen and oxygen atoms in total. The molecule has 108 valence electrons. The van der Waals surface area contributed by atoms with Gasteiger partial charge in [0.05, 0.1) is 7.11 Å². The minimum Gasteiger partial charge on any atom is -0.496 e. The zero-order valence-electron chi connectivity index (χ0n) is 11.6. The van der Waals surface area contributed by atoms with Crippen LogP contribution in [-0.2, 0) is 12.8 Å². The lowest BCUT2D eigenvalue weighted by atomic mass is 10.1. The molecule has 1 unspecified atom stereocenters. The van der Waals surface area contributed by atoms with E-state index in [0.29, 0.717) is 13.0 Å². The first-order valence-corrected chi connectivity index (χ1v) is 7.39. The molecule has 0 fully saturated rings. The van der Waals surface area contributed by atoms with Gasteiger partial charge >= 0.3 is 0 Å². The quantitative estimate of drug-likeness (QED) is 0.804. The number of ether oxygens (including phenoxy) is 1. The van der Waals surface area contributed by atoms with E-state index in [-0.39, 0.29) is 6.04 Å². The molecule has 2 rings (SSSR count). The summed E-state index contributed by atoms with van der Waals surface area (Å²) in [5.41, 5.74) is 12.5. The highest BCUT2D eigenvalue weighted by Gasteiger charge is 2.11. The van der Waals surface area contributed by atoms with Crippen LogP contribution >= 0.6 is 11.5 Å². The number of rotatable bonds is 7. The van der Waals surface area contributed by atoms with Crippen molar-refractivity contribution >= 4 is 11.5 Å². The van der Waals surface area contributed by atoms with Gasteiger partial charge in [-0.3, -0.25) is 0 Å². The molecule has 0 saturated heterocycles. The standard InChI is InChI=1S/C14H20N4OS/c1-19-12-5-3-2-4-10(12)8-13-17-14(20-18-13)9-11(16)6-7-15/h2-5,11H,6-9,15-16H2,1H3. The Balaban J connectivity index is 2.02. The van der Waals surface area contributed by atoms with E-state index < -0.39 is 0 Å². The van der Waals surface area contributed by atoms with Crippen molar-refractivity contribution in [1.29, 1.82) is 0 Å². The van der Waals surface area contributed by atoms with Crippen LogP contribution in [0.3, 0.4) is 0 Å². The van der Waals surface area contributed by atoms with Crippen LogP contribution in [0.25, 0.3) is 0 Å². The second-order valence-electron chi connectivity index (χ2n) is 4.63. The third-order valence-corrected chi connectivity index (χ3v) is 3.80. The van der Waals surface area contributed by atoms with Crippen LogP contribution in [0.4, 0.5) is 0 Å². The van der Waals surface area contributed by atoms with E-state index in [1.54, 1.807) is 7.11 Å². The normalized spacial score (nSPS) is 12.3. The van der Waals surface area contributed by atoms with E-state index in [0.717, 1.165) is 35.0 Å². The minimum atomic E-state index is 0.0621. The molecule has 2 aromatic rings. The van der Waals surface area contributed by atoms with Crippen molar-refractivity contribution in [2.45, 2.75) is 25.3 Å². The van der Waals surface area contributed by atoms with Crippen molar-refractivity contribution in [3.8, 4) is 5.75 Å². The van der Waals surface area contributed by atoms with E-state index in [9.17, 15) is 0 Å². The van der Waals surface area contributed by atoms with E-state index >= 15 is 0 Å². The molecule has 0 saturated carbocycles. The molecular formula is C14H20N4OS. The summed E-state index contributed by atoms with van der Waals surface area (Å²) >= 11 is 1.41. The Bertz CT molecular complexity index is 543. The molecule has 0 amide bonds. The van der Waals surface area contributed by atoms with Crippen LogP contribution < -0.4 is 16.2 Å². The molecule has 6 heteroatoms. The molecule has 1 aromatic carbocycles. The number of hydrogen-bond acceptors (Lipinski definition) is 6. The summed E-state index contributed by atoms with van der Waals surface area (Å²) in [4.78, 5) is 4.53. The van der Waals surface area contributed by atoms with E-state index in [4.69, 9.17) is 16.2 Å². The van der Waals surface area contributed by atoms with Gasteiger partial charge in [0.15, 0.2) is 0 Å². The van der Waals surface area contributed by atoms with Crippen LogP contribution in [0.15, 0.2) is 24.3 Å². The molecule has 0 aliphatic heterocycles. The summed E-state index contributed by atoms with van der Waals surface area (Å²) in [5, 5.41) is 0.968. The van der Waals surface area contributed by atoms with Crippen LogP contribution in [0, 0.1) is 0 Å². The van der Waals surface area contributed by atoms with Crippen molar-refractivity contribution < 1.29 is 4.74 Å². The lowest BCUT2D eigenvalue weighted by Crippen LogP contribution is -2.25. The third-order valence-electron chi connectivity index (χ3n) is 3.03. The van der Waals surface area contributed by atoms with E-state index in [1.807, 2.05) is 24.3 Å². The summed E-state index contributed by atoms with van der Waals surface area (Å²) in [5.74, 6) is 1.68. The van der Waals surface area contributed by atoms with E-state index in [2.05, 4.69) is 9.36 Å². The summed E-state index contributed by atoms with van der Waals surface area (Å²) in [6, 6.07) is 7.97. The molecule has 1 heterocycles.